The average Bonchev–Trinajstić information content (AvgIpc) is 2.54. The third-order valence-electron chi connectivity index (χ3n) is 2.58. The van der Waals surface area contributed by atoms with E-state index < -0.39 is 11.4 Å². The predicted octanol–water partition coefficient (Wildman–Crippen LogP) is 2.15. The van der Waals surface area contributed by atoms with E-state index in [-0.39, 0.29) is 12.3 Å². The van der Waals surface area contributed by atoms with Gasteiger partial charge in [-0.25, -0.2) is 4.39 Å². The molecule has 0 atom stereocenters. The molecule has 0 aliphatic carbocycles. The highest BCUT2D eigenvalue weighted by Crippen LogP contribution is 2.22. The molecule has 1 aromatic heterocycles. The van der Waals surface area contributed by atoms with E-state index >= 15 is 0 Å². The van der Waals surface area contributed by atoms with Crippen molar-refractivity contribution in [1.82, 2.24) is 9.78 Å². The van der Waals surface area contributed by atoms with E-state index in [0.717, 1.165) is 0 Å². The number of benzene rings is 1. The van der Waals surface area contributed by atoms with E-state index in [9.17, 15) is 14.3 Å². The molecule has 96 valence electrons. The first-order valence-corrected chi connectivity index (χ1v) is 5.67. The van der Waals surface area contributed by atoms with Gasteiger partial charge in [0, 0.05) is 12.3 Å². The number of nitrogens with zero attached hydrogens (tertiary/aromatic N) is 2. The molecule has 0 fully saturated rings. The fourth-order valence-corrected chi connectivity index (χ4v) is 1.89. The van der Waals surface area contributed by atoms with Crippen LogP contribution in [0.3, 0.4) is 0 Å². The van der Waals surface area contributed by atoms with Gasteiger partial charge < -0.3 is 5.11 Å². The molecule has 0 aliphatic heterocycles. The van der Waals surface area contributed by atoms with Gasteiger partial charge in [-0.2, -0.15) is 5.10 Å². The van der Waals surface area contributed by atoms with Gasteiger partial charge in [0.25, 0.3) is 0 Å². The smallest absolute Gasteiger partial charge is 0.180 e. The maximum atomic E-state index is 13.3. The van der Waals surface area contributed by atoms with E-state index in [4.69, 9.17) is 0 Å². The van der Waals surface area contributed by atoms with Crippen molar-refractivity contribution < 1.29 is 14.3 Å². The molecule has 4 nitrogen and oxygen atoms in total. The number of fused-ring (bicyclic) bond motifs is 1. The molecule has 2 aromatic rings. The van der Waals surface area contributed by atoms with E-state index in [1.54, 1.807) is 13.8 Å². The summed E-state index contributed by atoms with van der Waals surface area (Å²) in [7, 11) is 0. The quantitative estimate of drug-likeness (QED) is 0.849. The summed E-state index contributed by atoms with van der Waals surface area (Å²) in [4.78, 5) is 11.5. The van der Waals surface area contributed by atoms with E-state index in [1.807, 2.05) is 0 Å². The van der Waals surface area contributed by atoms with Gasteiger partial charge in [0.15, 0.2) is 5.78 Å². The van der Waals surface area contributed by atoms with E-state index in [2.05, 4.69) is 5.10 Å². The van der Waals surface area contributed by atoms with Crippen LogP contribution >= 0.6 is 0 Å². The van der Waals surface area contributed by atoms with Gasteiger partial charge in [-0.1, -0.05) is 0 Å². The number of carbonyl (C=O) groups is 1. The SMILES string of the molecule is CC(=O)c1nn(CC(C)(C)O)c2cc(F)ccc12. The number of ketones is 1. The number of hydrogen-bond acceptors (Lipinski definition) is 3. The summed E-state index contributed by atoms with van der Waals surface area (Å²) in [6.45, 7) is 4.88. The Balaban J connectivity index is 2.65. The molecule has 18 heavy (non-hydrogen) atoms. The fraction of sp³-hybridized carbons (Fsp3) is 0.385. The van der Waals surface area contributed by atoms with Gasteiger partial charge >= 0.3 is 0 Å². The standard InChI is InChI=1S/C13H15FN2O2/c1-8(17)12-10-5-4-9(14)6-11(10)16(15-12)7-13(2,3)18/h4-6,18H,7H2,1-3H3. The second kappa shape index (κ2) is 4.17. The highest BCUT2D eigenvalue weighted by Gasteiger charge is 2.20. The summed E-state index contributed by atoms with van der Waals surface area (Å²) in [5.41, 5.74) is -0.171. The van der Waals surface area contributed by atoms with Crippen molar-refractivity contribution in [1.29, 1.82) is 0 Å². The molecule has 2 rings (SSSR count). The third-order valence-corrected chi connectivity index (χ3v) is 2.58. The number of halogens is 1. The summed E-state index contributed by atoms with van der Waals surface area (Å²) >= 11 is 0. The zero-order chi connectivity index (χ0) is 13.5. The van der Waals surface area contributed by atoms with Crippen LogP contribution in [-0.2, 0) is 6.54 Å². The number of carbonyl (C=O) groups excluding carboxylic acids is 1. The van der Waals surface area contributed by atoms with Crippen LogP contribution in [0, 0.1) is 5.82 Å². The van der Waals surface area contributed by atoms with Gasteiger partial charge in [-0.15, -0.1) is 0 Å². The van der Waals surface area contributed by atoms with Gasteiger partial charge in [0.1, 0.15) is 11.5 Å². The minimum absolute atomic E-state index is 0.180. The molecule has 0 bridgehead atoms. The molecule has 1 heterocycles. The third kappa shape index (κ3) is 2.41. The molecule has 0 amide bonds. The molecule has 1 aromatic carbocycles. The van der Waals surface area contributed by atoms with Crippen LogP contribution in [0.2, 0.25) is 0 Å². The predicted molar refractivity (Wildman–Crippen MR) is 66.0 cm³/mol. The fourth-order valence-electron chi connectivity index (χ4n) is 1.89. The maximum absolute atomic E-state index is 13.3. The van der Waals surface area contributed by atoms with Gasteiger partial charge in [-0.05, 0) is 32.0 Å². The lowest BCUT2D eigenvalue weighted by molar-refractivity contribution is 0.0588. The van der Waals surface area contributed by atoms with Crippen molar-refractivity contribution in [2.45, 2.75) is 32.9 Å². The van der Waals surface area contributed by atoms with E-state index in [0.29, 0.717) is 16.6 Å². The zero-order valence-electron chi connectivity index (χ0n) is 10.6. The van der Waals surface area contributed by atoms with Crippen LogP contribution < -0.4 is 0 Å². The van der Waals surface area contributed by atoms with Crippen LogP contribution in [0.15, 0.2) is 18.2 Å². The average molecular weight is 250 g/mol. The van der Waals surface area contributed by atoms with Crippen molar-refractivity contribution in [2.75, 3.05) is 0 Å². The molecule has 0 unspecified atom stereocenters. The van der Waals surface area contributed by atoms with Crippen LogP contribution in [0.25, 0.3) is 10.9 Å². The molecule has 0 spiro atoms. The summed E-state index contributed by atoms with van der Waals surface area (Å²) in [6, 6.07) is 4.15. The van der Waals surface area contributed by atoms with Crippen molar-refractivity contribution >= 4 is 16.7 Å². The molecular weight excluding hydrogens is 235 g/mol. The Morgan fingerprint density at radius 3 is 2.72 bits per heavy atom. The lowest BCUT2D eigenvalue weighted by Crippen LogP contribution is -2.26. The topological polar surface area (TPSA) is 55.1 Å². The summed E-state index contributed by atoms with van der Waals surface area (Å²) in [5.74, 6) is -0.574. The zero-order valence-corrected chi connectivity index (χ0v) is 10.6. The number of Topliss-reactive ketones (excluding diaryl/α,β-unsaturated/α-hetero) is 1. The molecule has 0 radical (unpaired) electrons. The minimum Gasteiger partial charge on any atom is -0.389 e. The Bertz CT molecular complexity index is 611. The number of aromatic nitrogens is 2. The number of hydrogen-bond donors (Lipinski definition) is 1. The van der Waals surface area contributed by atoms with Gasteiger partial charge in [0.05, 0.1) is 17.7 Å². The normalized spacial score (nSPS) is 12.1. The Morgan fingerprint density at radius 1 is 1.50 bits per heavy atom. The largest absolute Gasteiger partial charge is 0.389 e. The number of rotatable bonds is 3. The highest BCUT2D eigenvalue weighted by molar-refractivity contribution is 6.04. The Hall–Kier alpha value is -1.75. The molecule has 0 saturated heterocycles. The summed E-state index contributed by atoms with van der Waals surface area (Å²) in [6.07, 6.45) is 0. The summed E-state index contributed by atoms with van der Waals surface area (Å²) < 4.78 is 14.7. The second-order valence-corrected chi connectivity index (χ2v) is 5.04. The van der Waals surface area contributed by atoms with Crippen LogP contribution in [0.5, 0.6) is 0 Å². The number of aliphatic hydroxyl groups is 1. The maximum Gasteiger partial charge on any atom is 0.180 e. The first-order valence-electron chi connectivity index (χ1n) is 5.67. The summed E-state index contributed by atoms with van der Waals surface area (Å²) in [5, 5.41) is 14.6. The van der Waals surface area contributed by atoms with Crippen LogP contribution in [0.1, 0.15) is 31.3 Å². The first kappa shape index (κ1) is 12.7. The Kier molecular flexibility index (Phi) is 2.94. The van der Waals surface area contributed by atoms with E-state index in [1.165, 1.54) is 29.8 Å². The van der Waals surface area contributed by atoms with Crippen molar-refractivity contribution in [3.05, 3.63) is 29.7 Å². The second-order valence-electron chi connectivity index (χ2n) is 5.04. The lowest BCUT2D eigenvalue weighted by Gasteiger charge is -2.17. The highest BCUT2D eigenvalue weighted by atomic mass is 19.1. The molecule has 0 saturated carbocycles. The monoisotopic (exact) mass is 250 g/mol. The molecular formula is C13H15FN2O2. The van der Waals surface area contributed by atoms with Gasteiger partial charge in [0.2, 0.25) is 0 Å². The van der Waals surface area contributed by atoms with Crippen LogP contribution in [-0.4, -0.2) is 26.3 Å². The molecule has 1 N–H and O–H groups in total. The molecule has 5 heteroatoms. The van der Waals surface area contributed by atoms with Crippen molar-refractivity contribution in [3.63, 3.8) is 0 Å². The Morgan fingerprint density at radius 2 is 2.17 bits per heavy atom. The Labute approximate surface area is 104 Å². The van der Waals surface area contributed by atoms with Crippen molar-refractivity contribution in [3.8, 4) is 0 Å². The first-order chi connectivity index (χ1) is 8.28. The van der Waals surface area contributed by atoms with Crippen LogP contribution in [0.4, 0.5) is 4.39 Å². The minimum atomic E-state index is -0.987. The lowest BCUT2D eigenvalue weighted by atomic mass is 10.1. The van der Waals surface area contributed by atoms with Gasteiger partial charge in [-0.3, -0.25) is 9.48 Å². The van der Waals surface area contributed by atoms with Crippen molar-refractivity contribution in [2.24, 2.45) is 0 Å². The molecule has 0 aliphatic rings.